The van der Waals surface area contributed by atoms with Gasteiger partial charge in [0.25, 0.3) is 0 Å². The normalized spacial score (nSPS) is 9.85. The van der Waals surface area contributed by atoms with Crippen molar-refractivity contribution in [2.45, 2.75) is 33.1 Å². The third-order valence-electron chi connectivity index (χ3n) is 2.52. The Morgan fingerprint density at radius 1 is 1.45 bits per heavy atom. The van der Waals surface area contributed by atoms with Crippen molar-refractivity contribution in [3.8, 4) is 6.07 Å². The molecule has 0 aromatic carbocycles. The number of nitrogens with zero attached hydrogens (tertiary/aromatic N) is 2. The maximum Gasteiger partial charge on any atom is 0.306 e. The van der Waals surface area contributed by atoms with Crippen LogP contribution in [0.25, 0.3) is 0 Å². The smallest absolute Gasteiger partial charge is 0.306 e. The molecule has 0 fully saturated rings. The summed E-state index contributed by atoms with van der Waals surface area (Å²) in [7, 11) is 0. The molecule has 20 heavy (non-hydrogen) atoms. The number of rotatable bonds is 7. The van der Waals surface area contributed by atoms with Crippen LogP contribution in [0.4, 0.5) is 5.00 Å². The van der Waals surface area contributed by atoms with E-state index in [2.05, 4.69) is 0 Å². The fourth-order valence-electron chi connectivity index (χ4n) is 1.55. The molecular weight excluding hydrogens is 276 g/mol. The van der Waals surface area contributed by atoms with E-state index >= 15 is 0 Å². The zero-order chi connectivity index (χ0) is 15.0. The first-order valence-electron chi connectivity index (χ1n) is 6.46. The molecule has 0 N–H and O–H groups in total. The Labute approximate surface area is 122 Å². The van der Waals surface area contributed by atoms with Crippen molar-refractivity contribution in [1.82, 2.24) is 0 Å². The van der Waals surface area contributed by atoms with E-state index in [1.54, 1.807) is 0 Å². The summed E-state index contributed by atoms with van der Waals surface area (Å²) in [5, 5.41) is 11.5. The van der Waals surface area contributed by atoms with Gasteiger partial charge in [-0.25, -0.2) is 0 Å². The van der Waals surface area contributed by atoms with E-state index in [0.717, 1.165) is 17.0 Å². The standard InChI is InChI=1S/C14H18N2O3S/c1-3-8-19-14(18)5-4-12(17)16(7-6-15)13-9-11(2)10-20-13/h9-10H,3-5,7-8H2,1-2H3. The highest BCUT2D eigenvalue weighted by Crippen LogP contribution is 2.25. The summed E-state index contributed by atoms with van der Waals surface area (Å²) in [6.45, 7) is 4.20. The van der Waals surface area contributed by atoms with Crippen molar-refractivity contribution in [3.63, 3.8) is 0 Å². The molecule has 108 valence electrons. The lowest BCUT2D eigenvalue weighted by atomic mass is 10.2. The van der Waals surface area contributed by atoms with Gasteiger partial charge < -0.3 is 4.74 Å². The highest BCUT2D eigenvalue weighted by Gasteiger charge is 2.18. The second-order valence-electron chi connectivity index (χ2n) is 4.32. The van der Waals surface area contributed by atoms with Crippen LogP contribution in [-0.4, -0.2) is 25.0 Å². The third kappa shape index (κ3) is 5.02. The van der Waals surface area contributed by atoms with Crippen LogP contribution in [0, 0.1) is 18.3 Å². The fourth-order valence-corrected chi connectivity index (χ4v) is 2.47. The molecule has 6 heteroatoms. The van der Waals surface area contributed by atoms with Crippen LogP contribution < -0.4 is 4.90 Å². The van der Waals surface area contributed by atoms with Crippen LogP contribution in [0.5, 0.6) is 0 Å². The molecule has 0 bridgehead atoms. The lowest BCUT2D eigenvalue weighted by Gasteiger charge is -2.17. The van der Waals surface area contributed by atoms with Gasteiger partial charge in [0.05, 0.1) is 24.1 Å². The third-order valence-corrected chi connectivity index (χ3v) is 3.59. The van der Waals surface area contributed by atoms with Crippen molar-refractivity contribution in [2.24, 2.45) is 0 Å². The van der Waals surface area contributed by atoms with Crippen molar-refractivity contribution in [3.05, 3.63) is 17.0 Å². The van der Waals surface area contributed by atoms with Gasteiger partial charge in [0.15, 0.2) is 0 Å². The SMILES string of the molecule is CCCOC(=O)CCC(=O)N(CC#N)c1cc(C)cs1. The zero-order valence-corrected chi connectivity index (χ0v) is 12.5. The van der Waals surface area contributed by atoms with Gasteiger partial charge in [-0.3, -0.25) is 14.5 Å². The Bertz CT molecular complexity index is 505. The molecule has 0 saturated carbocycles. The van der Waals surface area contributed by atoms with Crippen LogP contribution >= 0.6 is 11.3 Å². The highest BCUT2D eigenvalue weighted by molar-refractivity contribution is 7.14. The first-order valence-corrected chi connectivity index (χ1v) is 7.34. The highest BCUT2D eigenvalue weighted by atomic mass is 32.1. The van der Waals surface area contributed by atoms with Crippen molar-refractivity contribution in [1.29, 1.82) is 5.26 Å². The number of aryl methyl sites for hydroxylation is 1. The van der Waals surface area contributed by atoms with Crippen LogP contribution in [-0.2, 0) is 14.3 Å². The van der Waals surface area contributed by atoms with Gasteiger partial charge in [0, 0.05) is 6.42 Å². The first-order chi connectivity index (χ1) is 9.58. The number of amides is 1. The number of hydrogen-bond acceptors (Lipinski definition) is 5. The Balaban J connectivity index is 2.57. The molecular formula is C14H18N2O3S. The number of ether oxygens (including phenoxy) is 1. The Morgan fingerprint density at radius 3 is 2.75 bits per heavy atom. The van der Waals surface area contributed by atoms with Gasteiger partial charge >= 0.3 is 5.97 Å². The first kappa shape index (κ1) is 16.2. The lowest BCUT2D eigenvalue weighted by Crippen LogP contribution is -2.31. The van der Waals surface area contributed by atoms with Crippen molar-refractivity contribution in [2.75, 3.05) is 18.1 Å². The summed E-state index contributed by atoms with van der Waals surface area (Å²) < 4.78 is 4.92. The van der Waals surface area contributed by atoms with E-state index in [9.17, 15) is 9.59 Å². The number of thiophene rings is 1. The van der Waals surface area contributed by atoms with E-state index in [0.29, 0.717) is 6.61 Å². The summed E-state index contributed by atoms with van der Waals surface area (Å²) >= 11 is 1.41. The number of carbonyl (C=O) groups excluding carboxylic acids is 2. The molecule has 0 atom stereocenters. The predicted molar refractivity (Wildman–Crippen MR) is 77.5 cm³/mol. The minimum atomic E-state index is -0.375. The van der Waals surface area contributed by atoms with Gasteiger partial charge in [0.1, 0.15) is 6.54 Å². The van der Waals surface area contributed by atoms with Gasteiger partial charge in [-0.05, 0) is 30.4 Å². The topological polar surface area (TPSA) is 70.4 Å². The molecule has 0 aliphatic rings. The number of carbonyl (C=O) groups is 2. The molecule has 0 saturated heterocycles. The predicted octanol–water partition coefficient (Wildman–Crippen LogP) is 2.65. The quantitative estimate of drug-likeness (QED) is 0.572. The largest absolute Gasteiger partial charge is 0.466 e. The summed E-state index contributed by atoms with van der Waals surface area (Å²) in [4.78, 5) is 24.9. The second-order valence-corrected chi connectivity index (χ2v) is 5.21. The Morgan fingerprint density at radius 2 is 2.20 bits per heavy atom. The molecule has 1 heterocycles. The molecule has 0 aliphatic carbocycles. The summed E-state index contributed by atoms with van der Waals surface area (Å²) in [5.41, 5.74) is 1.04. The van der Waals surface area contributed by atoms with Crippen LogP contribution in [0.3, 0.4) is 0 Å². The zero-order valence-electron chi connectivity index (χ0n) is 11.7. The van der Waals surface area contributed by atoms with Gasteiger partial charge in [-0.15, -0.1) is 11.3 Å². The average molecular weight is 294 g/mol. The van der Waals surface area contributed by atoms with E-state index < -0.39 is 0 Å². The molecule has 1 aromatic rings. The number of nitriles is 1. The van der Waals surface area contributed by atoms with E-state index in [1.165, 1.54) is 16.2 Å². The molecule has 1 aromatic heterocycles. The monoisotopic (exact) mass is 294 g/mol. The molecule has 0 radical (unpaired) electrons. The maximum atomic E-state index is 12.1. The Hall–Kier alpha value is -1.87. The number of esters is 1. The van der Waals surface area contributed by atoms with Crippen LogP contribution in [0.2, 0.25) is 0 Å². The lowest BCUT2D eigenvalue weighted by molar-refractivity contribution is -0.144. The molecule has 0 aliphatic heterocycles. The van der Waals surface area contributed by atoms with E-state index in [4.69, 9.17) is 10.00 Å². The van der Waals surface area contributed by atoms with Gasteiger partial charge in [-0.2, -0.15) is 5.26 Å². The summed E-state index contributed by atoms with van der Waals surface area (Å²) in [6, 6.07) is 3.83. The molecule has 5 nitrogen and oxygen atoms in total. The minimum absolute atomic E-state index is 0.0111. The van der Waals surface area contributed by atoms with Crippen molar-refractivity contribution < 1.29 is 14.3 Å². The number of anilines is 1. The summed E-state index contributed by atoms with van der Waals surface area (Å²) in [5.74, 6) is -0.610. The van der Waals surface area contributed by atoms with E-state index in [1.807, 2.05) is 31.4 Å². The minimum Gasteiger partial charge on any atom is -0.466 e. The molecule has 0 spiro atoms. The fraction of sp³-hybridized carbons (Fsp3) is 0.500. The van der Waals surface area contributed by atoms with E-state index in [-0.39, 0.29) is 31.3 Å². The molecule has 0 unspecified atom stereocenters. The average Bonchev–Trinajstić information content (AvgIpc) is 2.86. The number of hydrogen-bond donors (Lipinski definition) is 0. The van der Waals surface area contributed by atoms with Gasteiger partial charge in [0.2, 0.25) is 5.91 Å². The van der Waals surface area contributed by atoms with Crippen LogP contribution in [0.1, 0.15) is 31.7 Å². The second kappa shape index (κ2) is 8.33. The van der Waals surface area contributed by atoms with Crippen molar-refractivity contribution >= 4 is 28.2 Å². The molecule has 1 rings (SSSR count). The van der Waals surface area contributed by atoms with Gasteiger partial charge in [-0.1, -0.05) is 6.92 Å². The summed E-state index contributed by atoms with van der Waals surface area (Å²) in [6.07, 6.45) is 0.862. The maximum absolute atomic E-state index is 12.1. The Kier molecular flexibility index (Phi) is 6.74. The van der Waals surface area contributed by atoms with Crippen LogP contribution in [0.15, 0.2) is 11.4 Å². The molecule has 1 amide bonds.